The number of nitrogens with zero attached hydrogens (tertiary/aromatic N) is 1. The third kappa shape index (κ3) is 5.48. The third-order valence-corrected chi connectivity index (χ3v) is 3.99. The number of likely N-dealkylation sites (N-methyl/N-ethyl adjacent to an activating group) is 1. The van der Waals surface area contributed by atoms with Crippen LogP contribution in [0.2, 0.25) is 0 Å². The second-order valence-electron chi connectivity index (χ2n) is 5.68. The Kier molecular flexibility index (Phi) is 7.65. The number of nitrogens with two attached hydrogens (primary N) is 1. The molecule has 1 atom stereocenters. The van der Waals surface area contributed by atoms with E-state index >= 15 is 0 Å². The van der Waals surface area contributed by atoms with Crippen LogP contribution in [0, 0.1) is 5.92 Å². The van der Waals surface area contributed by atoms with Crippen LogP contribution in [0.1, 0.15) is 18.4 Å². The molecule has 0 spiro atoms. The number of carbonyl (C=O) groups is 1. The average Bonchev–Trinajstić information content (AvgIpc) is 3.31. The van der Waals surface area contributed by atoms with Crippen molar-refractivity contribution in [2.24, 2.45) is 11.7 Å². The number of amides is 1. The Bertz CT molecular complexity index is 480. The molecule has 1 aliphatic carbocycles. The number of hydrogen-bond donors (Lipinski definition) is 2. The molecule has 1 aromatic rings. The molecule has 22 heavy (non-hydrogen) atoms. The zero-order valence-electron chi connectivity index (χ0n) is 13.2. The molecule has 5 nitrogen and oxygen atoms in total. The molecule has 3 N–H and O–H groups in total. The molecule has 1 aromatic carbocycles. The van der Waals surface area contributed by atoms with Gasteiger partial charge in [0.1, 0.15) is 5.75 Å². The Labute approximate surface area is 138 Å². The molecule has 0 saturated heterocycles. The zero-order chi connectivity index (χ0) is 15.2. The summed E-state index contributed by atoms with van der Waals surface area (Å²) in [4.78, 5) is 14.1. The molecule has 124 valence electrons. The third-order valence-electron chi connectivity index (χ3n) is 3.99. The highest BCUT2D eigenvalue weighted by molar-refractivity contribution is 5.85. The predicted octanol–water partition coefficient (Wildman–Crippen LogP) is 1.40. The monoisotopic (exact) mass is 327 g/mol. The van der Waals surface area contributed by atoms with Crippen LogP contribution in [0.4, 0.5) is 0 Å². The van der Waals surface area contributed by atoms with E-state index in [1.807, 2.05) is 31.3 Å². The Morgan fingerprint density at radius 2 is 2.23 bits per heavy atom. The standard InChI is InChI=1S/C16H25N3O2.ClH/c1-19(15(9-17)13-6-7-13)11-16(20)18-10-12-4-3-5-14(8-12)21-2;/h3-5,8,13,15H,6-7,9-11,17H2,1-2H3,(H,18,20);1H. The molecule has 0 aliphatic heterocycles. The van der Waals surface area contributed by atoms with E-state index in [0.717, 1.165) is 11.3 Å². The smallest absolute Gasteiger partial charge is 0.234 e. The molecular weight excluding hydrogens is 302 g/mol. The molecule has 1 aliphatic rings. The SMILES string of the molecule is COc1cccc(CNC(=O)CN(C)C(CN)C2CC2)c1.Cl. The van der Waals surface area contributed by atoms with Crippen LogP contribution < -0.4 is 15.8 Å². The van der Waals surface area contributed by atoms with E-state index in [1.54, 1.807) is 7.11 Å². The van der Waals surface area contributed by atoms with Gasteiger partial charge in [-0.15, -0.1) is 12.4 Å². The molecular formula is C16H26ClN3O2. The molecule has 0 bridgehead atoms. The van der Waals surface area contributed by atoms with Crippen molar-refractivity contribution in [2.45, 2.75) is 25.4 Å². The summed E-state index contributed by atoms with van der Waals surface area (Å²) in [7, 11) is 3.61. The maximum absolute atomic E-state index is 12.0. The largest absolute Gasteiger partial charge is 0.497 e. The molecule has 0 radical (unpaired) electrons. The summed E-state index contributed by atoms with van der Waals surface area (Å²) < 4.78 is 5.17. The summed E-state index contributed by atoms with van der Waals surface area (Å²) in [6.45, 7) is 1.52. The fourth-order valence-corrected chi connectivity index (χ4v) is 2.60. The highest BCUT2D eigenvalue weighted by atomic mass is 35.5. The van der Waals surface area contributed by atoms with Crippen molar-refractivity contribution in [3.8, 4) is 5.75 Å². The van der Waals surface area contributed by atoms with Crippen molar-refractivity contribution in [1.82, 2.24) is 10.2 Å². The number of methoxy groups -OCH3 is 1. The summed E-state index contributed by atoms with van der Waals surface area (Å²) in [6, 6.07) is 8.04. The van der Waals surface area contributed by atoms with Gasteiger partial charge in [-0.05, 0) is 43.5 Å². The number of hydrogen-bond acceptors (Lipinski definition) is 4. The van der Waals surface area contributed by atoms with Gasteiger partial charge in [-0.3, -0.25) is 9.69 Å². The van der Waals surface area contributed by atoms with Crippen LogP contribution in [-0.4, -0.2) is 44.1 Å². The van der Waals surface area contributed by atoms with Crippen molar-refractivity contribution in [3.63, 3.8) is 0 Å². The van der Waals surface area contributed by atoms with E-state index in [9.17, 15) is 4.79 Å². The van der Waals surface area contributed by atoms with Gasteiger partial charge in [0.05, 0.1) is 13.7 Å². The van der Waals surface area contributed by atoms with Gasteiger partial charge in [-0.1, -0.05) is 12.1 Å². The first-order valence-corrected chi connectivity index (χ1v) is 7.44. The van der Waals surface area contributed by atoms with Gasteiger partial charge in [0, 0.05) is 19.1 Å². The highest BCUT2D eigenvalue weighted by Gasteiger charge is 2.33. The van der Waals surface area contributed by atoms with E-state index in [4.69, 9.17) is 10.5 Å². The Hall–Kier alpha value is -1.30. The minimum atomic E-state index is 0. The molecule has 2 rings (SSSR count). The van der Waals surface area contributed by atoms with Gasteiger partial charge < -0.3 is 15.8 Å². The lowest BCUT2D eigenvalue weighted by atomic mass is 10.1. The van der Waals surface area contributed by atoms with E-state index in [2.05, 4.69) is 10.2 Å². The average molecular weight is 328 g/mol. The number of nitrogens with one attached hydrogen (secondary N) is 1. The van der Waals surface area contributed by atoms with Gasteiger partial charge in [0.2, 0.25) is 5.91 Å². The minimum Gasteiger partial charge on any atom is -0.497 e. The Morgan fingerprint density at radius 3 is 2.82 bits per heavy atom. The summed E-state index contributed by atoms with van der Waals surface area (Å²) in [5.41, 5.74) is 6.83. The van der Waals surface area contributed by atoms with E-state index in [-0.39, 0.29) is 18.3 Å². The molecule has 0 heterocycles. The van der Waals surface area contributed by atoms with Crippen molar-refractivity contribution in [3.05, 3.63) is 29.8 Å². The van der Waals surface area contributed by atoms with Crippen LogP contribution in [-0.2, 0) is 11.3 Å². The fraction of sp³-hybridized carbons (Fsp3) is 0.562. The van der Waals surface area contributed by atoms with Crippen molar-refractivity contribution >= 4 is 18.3 Å². The highest BCUT2D eigenvalue weighted by Crippen LogP contribution is 2.34. The number of rotatable bonds is 8. The lowest BCUT2D eigenvalue weighted by molar-refractivity contribution is -0.122. The van der Waals surface area contributed by atoms with Crippen LogP contribution >= 0.6 is 12.4 Å². The summed E-state index contributed by atoms with van der Waals surface area (Å²) in [5, 5.41) is 2.94. The Morgan fingerprint density at radius 1 is 1.50 bits per heavy atom. The number of carbonyl (C=O) groups excluding carboxylic acids is 1. The lowest BCUT2D eigenvalue weighted by Gasteiger charge is -2.26. The zero-order valence-corrected chi connectivity index (χ0v) is 14.1. The van der Waals surface area contributed by atoms with E-state index in [1.165, 1.54) is 12.8 Å². The molecule has 0 aromatic heterocycles. The first-order valence-electron chi connectivity index (χ1n) is 7.44. The summed E-state index contributed by atoms with van der Waals surface area (Å²) >= 11 is 0. The predicted molar refractivity (Wildman–Crippen MR) is 90.3 cm³/mol. The summed E-state index contributed by atoms with van der Waals surface area (Å²) in [6.07, 6.45) is 2.47. The lowest BCUT2D eigenvalue weighted by Crippen LogP contribution is -2.44. The van der Waals surface area contributed by atoms with Gasteiger partial charge in [0.15, 0.2) is 0 Å². The van der Waals surface area contributed by atoms with Crippen LogP contribution in [0.15, 0.2) is 24.3 Å². The van der Waals surface area contributed by atoms with Gasteiger partial charge in [-0.2, -0.15) is 0 Å². The maximum atomic E-state index is 12.0. The van der Waals surface area contributed by atoms with E-state index < -0.39 is 0 Å². The van der Waals surface area contributed by atoms with Gasteiger partial charge in [0.25, 0.3) is 0 Å². The topological polar surface area (TPSA) is 67.6 Å². The normalized spacial score (nSPS) is 15.1. The second kappa shape index (κ2) is 8.98. The fourth-order valence-electron chi connectivity index (χ4n) is 2.60. The first kappa shape index (κ1) is 18.7. The summed E-state index contributed by atoms with van der Waals surface area (Å²) in [5.74, 6) is 1.50. The molecule has 1 fully saturated rings. The van der Waals surface area contributed by atoms with Gasteiger partial charge in [-0.25, -0.2) is 0 Å². The quantitative estimate of drug-likeness (QED) is 0.757. The van der Waals surface area contributed by atoms with Crippen molar-refractivity contribution in [1.29, 1.82) is 0 Å². The Balaban J connectivity index is 0.00000242. The number of benzene rings is 1. The second-order valence-corrected chi connectivity index (χ2v) is 5.68. The van der Waals surface area contributed by atoms with Crippen LogP contribution in [0.25, 0.3) is 0 Å². The number of ether oxygens (including phenoxy) is 1. The maximum Gasteiger partial charge on any atom is 0.234 e. The molecule has 1 saturated carbocycles. The van der Waals surface area contributed by atoms with Gasteiger partial charge >= 0.3 is 0 Å². The van der Waals surface area contributed by atoms with E-state index in [0.29, 0.717) is 31.6 Å². The molecule has 6 heteroatoms. The molecule has 1 unspecified atom stereocenters. The van der Waals surface area contributed by atoms with Crippen molar-refractivity contribution < 1.29 is 9.53 Å². The number of halogens is 1. The molecule has 1 amide bonds. The van der Waals surface area contributed by atoms with Crippen molar-refractivity contribution in [2.75, 3.05) is 27.2 Å². The van der Waals surface area contributed by atoms with Crippen LogP contribution in [0.5, 0.6) is 5.75 Å². The first-order chi connectivity index (χ1) is 10.1. The van der Waals surface area contributed by atoms with Crippen LogP contribution in [0.3, 0.4) is 0 Å². The minimum absolute atomic E-state index is 0.